The van der Waals surface area contributed by atoms with E-state index in [4.69, 9.17) is 4.74 Å². The van der Waals surface area contributed by atoms with E-state index in [0.29, 0.717) is 38.3 Å². The topological polar surface area (TPSA) is 109 Å². The van der Waals surface area contributed by atoms with E-state index in [1.165, 1.54) is 12.1 Å². The van der Waals surface area contributed by atoms with Crippen LogP contribution in [0.5, 0.6) is 0 Å². The molecule has 33 heavy (non-hydrogen) atoms. The van der Waals surface area contributed by atoms with Crippen molar-refractivity contribution in [2.45, 2.75) is 51.4 Å². The van der Waals surface area contributed by atoms with Gasteiger partial charge in [-0.25, -0.2) is 18.7 Å². The number of rotatable bonds is 7. The summed E-state index contributed by atoms with van der Waals surface area (Å²) in [5.41, 5.74) is 4.04. The van der Waals surface area contributed by atoms with Crippen molar-refractivity contribution in [2.24, 2.45) is 0 Å². The van der Waals surface area contributed by atoms with Crippen LogP contribution in [0, 0.1) is 11.6 Å². The van der Waals surface area contributed by atoms with Crippen molar-refractivity contribution in [2.75, 3.05) is 11.9 Å². The summed E-state index contributed by atoms with van der Waals surface area (Å²) >= 11 is 0. The minimum absolute atomic E-state index is 0.0288. The van der Waals surface area contributed by atoms with Crippen molar-refractivity contribution in [1.29, 1.82) is 0 Å². The molecule has 0 spiro atoms. The summed E-state index contributed by atoms with van der Waals surface area (Å²) in [5, 5.41) is 13.5. The minimum Gasteiger partial charge on any atom is -0.368 e. The van der Waals surface area contributed by atoms with Gasteiger partial charge in [0.25, 0.3) is 0 Å². The van der Waals surface area contributed by atoms with Gasteiger partial charge in [-0.2, -0.15) is 0 Å². The van der Waals surface area contributed by atoms with Crippen molar-refractivity contribution in [3.8, 4) is 0 Å². The lowest BCUT2D eigenvalue weighted by Gasteiger charge is -2.17. The molecule has 0 unspecified atom stereocenters. The molecule has 9 nitrogen and oxygen atoms in total. The van der Waals surface area contributed by atoms with E-state index in [0.717, 1.165) is 28.1 Å². The monoisotopic (exact) mass is 455 g/mol. The van der Waals surface area contributed by atoms with E-state index < -0.39 is 11.6 Å². The van der Waals surface area contributed by atoms with Gasteiger partial charge in [0.2, 0.25) is 11.9 Å². The Morgan fingerprint density at radius 3 is 2.70 bits per heavy atom. The highest BCUT2D eigenvalue weighted by Gasteiger charge is 2.28. The number of amides is 1. The number of fused-ring (bicyclic) bond motifs is 2. The van der Waals surface area contributed by atoms with Crippen molar-refractivity contribution in [1.82, 2.24) is 30.3 Å². The average molecular weight is 455 g/mol. The Morgan fingerprint density at radius 1 is 1.24 bits per heavy atom. The van der Waals surface area contributed by atoms with Crippen LogP contribution in [-0.4, -0.2) is 54.9 Å². The second kappa shape index (κ2) is 8.81. The molecule has 3 heterocycles. The summed E-state index contributed by atoms with van der Waals surface area (Å²) in [7, 11) is 0. The fourth-order valence-electron chi connectivity index (χ4n) is 4.28. The zero-order valence-electron chi connectivity index (χ0n) is 18.0. The first-order chi connectivity index (χ1) is 15.9. The second-order valence-corrected chi connectivity index (χ2v) is 8.49. The summed E-state index contributed by atoms with van der Waals surface area (Å²) in [6.45, 7) is 2.67. The molecule has 1 amide bonds. The van der Waals surface area contributed by atoms with Gasteiger partial charge >= 0.3 is 0 Å². The number of hydrogen-bond acceptors (Lipinski definition) is 7. The predicted molar refractivity (Wildman–Crippen MR) is 113 cm³/mol. The van der Waals surface area contributed by atoms with Crippen LogP contribution in [0.15, 0.2) is 24.5 Å². The van der Waals surface area contributed by atoms with Crippen LogP contribution >= 0.6 is 0 Å². The molecule has 3 aromatic rings. The SMILES string of the molecule is C[C@H](Cc1c[nH]nn1)OCC(=O)N1Cc2cnc(NC3Cc4cc(F)c(F)cc4C3)nc2C1. The summed E-state index contributed by atoms with van der Waals surface area (Å²) in [4.78, 5) is 23.2. The first-order valence-corrected chi connectivity index (χ1v) is 10.8. The Hall–Kier alpha value is -3.47. The van der Waals surface area contributed by atoms with E-state index in [-0.39, 0.29) is 24.7 Å². The zero-order valence-corrected chi connectivity index (χ0v) is 18.0. The fourth-order valence-corrected chi connectivity index (χ4v) is 4.28. The lowest BCUT2D eigenvalue weighted by atomic mass is 10.1. The van der Waals surface area contributed by atoms with Gasteiger partial charge < -0.3 is 15.0 Å². The number of carbonyl (C=O) groups excluding carboxylic acids is 1. The molecular weight excluding hydrogens is 432 g/mol. The summed E-state index contributed by atoms with van der Waals surface area (Å²) in [6, 6.07) is 2.47. The maximum Gasteiger partial charge on any atom is 0.249 e. The van der Waals surface area contributed by atoms with E-state index in [1.54, 1.807) is 17.3 Å². The van der Waals surface area contributed by atoms with Crippen molar-refractivity contribution in [3.05, 3.63) is 64.2 Å². The van der Waals surface area contributed by atoms with Gasteiger partial charge in [-0.1, -0.05) is 5.21 Å². The molecule has 1 aliphatic heterocycles. The molecule has 1 aromatic carbocycles. The number of halogens is 2. The minimum atomic E-state index is -0.829. The van der Waals surface area contributed by atoms with Gasteiger partial charge in [0.05, 0.1) is 24.0 Å². The first-order valence-electron chi connectivity index (χ1n) is 10.8. The van der Waals surface area contributed by atoms with Crippen LogP contribution < -0.4 is 5.32 Å². The fraction of sp³-hybridized carbons (Fsp3) is 0.409. The van der Waals surface area contributed by atoms with Crippen molar-refractivity contribution < 1.29 is 18.3 Å². The zero-order chi connectivity index (χ0) is 22.9. The molecule has 172 valence electrons. The molecular formula is C22H23F2N7O2. The van der Waals surface area contributed by atoms with Gasteiger partial charge in [0, 0.05) is 37.0 Å². The van der Waals surface area contributed by atoms with E-state index in [1.807, 2.05) is 6.92 Å². The summed E-state index contributed by atoms with van der Waals surface area (Å²) in [5.74, 6) is -1.34. The summed E-state index contributed by atoms with van der Waals surface area (Å²) in [6.07, 6.45) is 4.95. The van der Waals surface area contributed by atoms with Crippen LogP contribution in [0.3, 0.4) is 0 Å². The molecule has 1 atom stereocenters. The van der Waals surface area contributed by atoms with E-state index in [9.17, 15) is 13.6 Å². The third-order valence-electron chi connectivity index (χ3n) is 5.97. The maximum atomic E-state index is 13.5. The molecule has 11 heteroatoms. The molecule has 5 rings (SSSR count). The molecule has 2 aromatic heterocycles. The van der Waals surface area contributed by atoms with Crippen LogP contribution in [0.2, 0.25) is 0 Å². The normalized spacial score (nSPS) is 16.0. The number of ether oxygens (including phenoxy) is 1. The molecule has 1 aliphatic carbocycles. The molecule has 0 radical (unpaired) electrons. The quantitative estimate of drug-likeness (QED) is 0.560. The highest BCUT2D eigenvalue weighted by Crippen LogP contribution is 2.27. The Morgan fingerprint density at radius 2 is 2.00 bits per heavy atom. The van der Waals surface area contributed by atoms with Gasteiger partial charge in [-0.15, -0.1) is 5.10 Å². The standard InChI is InChI=1S/C22H23F2N7O2/c1-12(2-17-8-26-30-29-17)33-11-21(32)31-9-15-7-25-22(28-20(15)10-31)27-16-3-13-5-18(23)19(24)6-14(13)4-16/h5-8,12,16H,2-4,9-11H2,1H3,(H,25,27,28)(H,26,29,30)/t12-/m1/s1. The van der Waals surface area contributed by atoms with E-state index >= 15 is 0 Å². The third kappa shape index (κ3) is 4.68. The smallest absolute Gasteiger partial charge is 0.249 e. The van der Waals surface area contributed by atoms with Crippen LogP contribution in [0.1, 0.15) is 35.0 Å². The van der Waals surface area contributed by atoms with Crippen molar-refractivity contribution >= 4 is 11.9 Å². The predicted octanol–water partition coefficient (Wildman–Crippen LogP) is 1.94. The highest BCUT2D eigenvalue weighted by atomic mass is 19.2. The molecule has 0 fully saturated rings. The maximum absolute atomic E-state index is 13.5. The Kier molecular flexibility index (Phi) is 5.71. The van der Waals surface area contributed by atoms with Gasteiger partial charge in [0.15, 0.2) is 11.6 Å². The average Bonchev–Trinajstić information content (AvgIpc) is 3.52. The molecule has 2 aliphatic rings. The van der Waals surface area contributed by atoms with Crippen LogP contribution in [0.4, 0.5) is 14.7 Å². The molecule has 0 saturated heterocycles. The second-order valence-electron chi connectivity index (χ2n) is 8.49. The Balaban J connectivity index is 1.14. The number of hydrogen-bond donors (Lipinski definition) is 2. The number of anilines is 1. The number of H-pyrrole nitrogens is 1. The van der Waals surface area contributed by atoms with Crippen LogP contribution in [0.25, 0.3) is 0 Å². The number of nitrogens with zero attached hydrogens (tertiary/aromatic N) is 5. The summed E-state index contributed by atoms with van der Waals surface area (Å²) < 4.78 is 32.7. The van der Waals surface area contributed by atoms with Gasteiger partial charge in [-0.05, 0) is 43.0 Å². The largest absolute Gasteiger partial charge is 0.368 e. The molecule has 2 N–H and O–H groups in total. The Labute approximate surface area is 188 Å². The Bertz CT molecular complexity index is 1140. The number of aromatic nitrogens is 5. The van der Waals surface area contributed by atoms with Gasteiger partial charge in [0.1, 0.15) is 6.61 Å². The third-order valence-corrected chi connectivity index (χ3v) is 5.97. The lowest BCUT2D eigenvalue weighted by Crippen LogP contribution is -2.31. The number of carbonyl (C=O) groups is 1. The number of aromatic amines is 1. The number of benzene rings is 1. The number of nitrogens with one attached hydrogen (secondary N) is 2. The van der Waals surface area contributed by atoms with Crippen LogP contribution in [-0.2, 0) is 41.9 Å². The van der Waals surface area contributed by atoms with Gasteiger partial charge in [-0.3, -0.25) is 9.89 Å². The molecule has 0 saturated carbocycles. The van der Waals surface area contributed by atoms with E-state index in [2.05, 4.69) is 30.7 Å². The highest BCUT2D eigenvalue weighted by molar-refractivity contribution is 5.78. The first kappa shape index (κ1) is 21.4. The molecule has 0 bridgehead atoms. The van der Waals surface area contributed by atoms with Crippen molar-refractivity contribution in [3.63, 3.8) is 0 Å². The lowest BCUT2D eigenvalue weighted by molar-refractivity contribution is -0.138.